The molecule has 0 aromatic heterocycles. The third kappa shape index (κ3) is 3.57. The lowest BCUT2D eigenvalue weighted by Gasteiger charge is -2.16. The Labute approximate surface area is 119 Å². The summed E-state index contributed by atoms with van der Waals surface area (Å²) in [7, 11) is 0. The van der Waals surface area contributed by atoms with E-state index in [2.05, 4.69) is 13.2 Å². The first-order chi connectivity index (χ1) is 9.23. The number of rotatable bonds is 6. The van der Waals surface area contributed by atoms with Crippen LogP contribution in [0.1, 0.15) is 22.3 Å². The topological polar surface area (TPSA) is 86.2 Å². The number of hydrogen-bond acceptors (Lipinski definition) is 2. The number of carbonyl (C=O) groups excluding carboxylic acids is 2. The lowest BCUT2D eigenvalue weighted by Crippen LogP contribution is -2.18. The van der Waals surface area contributed by atoms with Crippen LogP contribution in [0.25, 0.3) is 0 Å². The summed E-state index contributed by atoms with van der Waals surface area (Å²) in [6.45, 7) is 11.3. The lowest BCUT2D eigenvalue weighted by molar-refractivity contribution is -0.115. The molecule has 20 heavy (non-hydrogen) atoms. The van der Waals surface area contributed by atoms with Crippen LogP contribution < -0.4 is 11.5 Å². The number of hydrogen-bond donors (Lipinski definition) is 2. The summed E-state index contributed by atoms with van der Waals surface area (Å²) in [5.74, 6) is -1.05. The van der Waals surface area contributed by atoms with Crippen molar-refractivity contribution < 1.29 is 9.59 Å². The van der Waals surface area contributed by atoms with Gasteiger partial charge in [0.05, 0.1) is 0 Å². The monoisotopic (exact) mass is 272 g/mol. The van der Waals surface area contributed by atoms with E-state index in [1.54, 1.807) is 0 Å². The predicted octanol–water partition coefficient (Wildman–Crippen LogP) is 1.47. The van der Waals surface area contributed by atoms with Gasteiger partial charge in [-0.05, 0) is 36.1 Å². The molecule has 0 spiro atoms. The maximum Gasteiger partial charge on any atom is 0.244 e. The van der Waals surface area contributed by atoms with E-state index in [1.807, 2.05) is 26.0 Å². The molecule has 0 atom stereocenters. The van der Waals surface area contributed by atoms with Crippen molar-refractivity contribution in [3.63, 3.8) is 0 Å². The first-order valence-corrected chi connectivity index (χ1v) is 6.27. The maximum atomic E-state index is 11.2. The molecule has 4 heteroatoms. The normalized spacial score (nSPS) is 10.1. The van der Waals surface area contributed by atoms with Crippen LogP contribution in [0.3, 0.4) is 0 Å². The van der Waals surface area contributed by atoms with E-state index in [0.29, 0.717) is 24.0 Å². The Kier molecular flexibility index (Phi) is 4.86. The van der Waals surface area contributed by atoms with Crippen molar-refractivity contribution in [2.45, 2.75) is 26.7 Å². The van der Waals surface area contributed by atoms with Gasteiger partial charge in [-0.1, -0.05) is 25.3 Å². The summed E-state index contributed by atoms with van der Waals surface area (Å²) in [6.07, 6.45) is 0.731. The zero-order valence-electron chi connectivity index (χ0n) is 12.0. The zero-order valence-corrected chi connectivity index (χ0v) is 12.0. The molecule has 0 aliphatic carbocycles. The third-order valence-corrected chi connectivity index (χ3v) is 3.38. The van der Waals surface area contributed by atoms with Crippen molar-refractivity contribution in [3.8, 4) is 0 Å². The van der Waals surface area contributed by atoms with Gasteiger partial charge in [0.15, 0.2) is 0 Å². The second kappa shape index (κ2) is 6.19. The number of primary amides is 2. The Hall–Kier alpha value is -2.36. The summed E-state index contributed by atoms with van der Waals surface area (Å²) in [5, 5.41) is 0. The van der Waals surface area contributed by atoms with Crippen LogP contribution in [0.15, 0.2) is 36.4 Å². The third-order valence-electron chi connectivity index (χ3n) is 3.38. The summed E-state index contributed by atoms with van der Waals surface area (Å²) in [5.41, 5.74) is 15.1. The van der Waals surface area contributed by atoms with Gasteiger partial charge in [0, 0.05) is 24.0 Å². The molecule has 0 fully saturated rings. The Bertz CT molecular complexity index is 548. The van der Waals surface area contributed by atoms with Crippen molar-refractivity contribution in [1.82, 2.24) is 0 Å². The molecule has 1 aromatic rings. The van der Waals surface area contributed by atoms with Gasteiger partial charge < -0.3 is 11.5 Å². The van der Waals surface area contributed by atoms with Gasteiger partial charge in [-0.15, -0.1) is 0 Å². The average molecular weight is 272 g/mol. The highest BCUT2D eigenvalue weighted by Gasteiger charge is 2.14. The number of amides is 2. The van der Waals surface area contributed by atoms with Crippen LogP contribution >= 0.6 is 0 Å². The summed E-state index contributed by atoms with van der Waals surface area (Å²) in [4.78, 5) is 22.3. The highest BCUT2D eigenvalue weighted by atomic mass is 16.1. The Morgan fingerprint density at radius 1 is 0.900 bits per heavy atom. The van der Waals surface area contributed by atoms with Gasteiger partial charge in [0.2, 0.25) is 11.8 Å². The second-order valence-electron chi connectivity index (χ2n) is 4.95. The highest BCUT2D eigenvalue weighted by Crippen LogP contribution is 2.23. The standard InChI is InChI=1S/C16H20N2O2/c1-9-5-6-10(2)14(8-12(4)16(18)20)13(9)7-11(3)15(17)19/h5-6H,3-4,7-8H2,1-2H3,(H2,17,19)(H2,18,20). The zero-order chi connectivity index (χ0) is 15.4. The first kappa shape index (κ1) is 15.7. The molecule has 2 amide bonds. The van der Waals surface area contributed by atoms with Crippen molar-refractivity contribution in [3.05, 3.63) is 58.7 Å². The van der Waals surface area contributed by atoms with Gasteiger partial charge in [0.1, 0.15) is 0 Å². The number of nitrogens with two attached hydrogens (primary N) is 2. The van der Waals surface area contributed by atoms with E-state index in [0.717, 1.165) is 22.3 Å². The van der Waals surface area contributed by atoms with Crippen LogP contribution in [0.5, 0.6) is 0 Å². The van der Waals surface area contributed by atoms with Gasteiger partial charge >= 0.3 is 0 Å². The molecule has 0 bridgehead atoms. The molecule has 106 valence electrons. The summed E-state index contributed by atoms with van der Waals surface area (Å²) in [6, 6.07) is 3.94. The summed E-state index contributed by atoms with van der Waals surface area (Å²) >= 11 is 0. The van der Waals surface area contributed by atoms with E-state index in [4.69, 9.17) is 11.5 Å². The van der Waals surface area contributed by atoms with Gasteiger partial charge in [0.25, 0.3) is 0 Å². The lowest BCUT2D eigenvalue weighted by atomic mass is 9.89. The van der Waals surface area contributed by atoms with Crippen molar-refractivity contribution in [1.29, 1.82) is 0 Å². The molecular formula is C16H20N2O2. The molecule has 0 saturated carbocycles. The molecule has 0 radical (unpaired) electrons. The van der Waals surface area contributed by atoms with E-state index in [9.17, 15) is 9.59 Å². The molecule has 0 heterocycles. The van der Waals surface area contributed by atoms with E-state index in [-0.39, 0.29) is 0 Å². The largest absolute Gasteiger partial charge is 0.366 e. The predicted molar refractivity (Wildman–Crippen MR) is 80.0 cm³/mol. The van der Waals surface area contributed by atoms with E-state index in [1.165, 1.54) is 0 Å². The Morgan fingerprint density at radius 3 is 1.45 bits per heavy atom. The fourth-order valence-electron chi connectivity index (χ4n) is 2.02. The molecule has 4 nitrogen and oxygen atoms in total. The highest BCUT2D eigenvalue weighted by molar-refractivity contribution is 5.92. The fourth-order valence-corrected chi connectivity index (χ4v) is 2.02. The van der Waals surface area contributed by atoms with Gasteiger partial charge in [-0.25, -0.2) is 0 Å². The van der Waals surface area contributed by atoms with Gasteiger partial charge in [-0.3, -0.25) is 9.59 Å². The minimum atomic E-state index is -0.523. The van der Waals surface area contributed by atoms with E-state index >= 15 is 0 Å². The van der Waals surface area contributed by atoms with Crippen LogP contribution in [-0.2, 0) is 22.4 Å². The van der Waals surface area contributed by atoms with Crippen molar-refractivity contribution >= 4 is 11.8 Å². The summed E-state index contributed by atoms with van der Waals surface area (Å²) < 4.78 is 0. The van der Waals surface area contributed by atoms with Crippen LogP contribution in [0, 0.1) is 13.8 Å². The molecule has 1 rings (SSSR count). The Balaban J connectivity index is 3.24. The average Bonchev–Trinajstić information content (AvgIpc) is 2.37. The molecular weight excluding hydrogens is 252 g/mol. The number of carbonyl (C=O) groups is 2. The maximum absolute atomic E-state index is 11.2. The molecule has 0 aliphatic rings. The van der Waals surface area contributed by atoms with Crippen LogP contribution in [0.2, 0.25) is 0 Å². The van der Waals surface area contributed by atoms with Crippen LogP contribution in [-0.4, -0.2) is 11.8 Å². The molecule has 4 N–H and O–H groups in total. The molecule has 1 aromatic carbocycles. The smallest absolute Gasteiger partial charge is 0.244 e. The van der Waals surface area contributed by atoms with Gasteiger partial charge in [-0.2, -0.15) is 0 Å². The van der Waals surface area contributed by atoms with E-state index < -0.39 is 11.8 Å². The molecule has 0 aliphatic heterocycles. The van der Waals surface area contributed by atoms with Crippen molar-refractivity contribution in [2.24, 2.45) is 11.5 Å². The minimum absolute atomic E-state index is 0.338. The number of benzene rings is 1. The first-order valence-electron chi connectivity index (χ1n) is 6.27. The second-order valence-corrected chi connectivity index (χ2v) is 4.95. The van der Waals surface area contributed by atoms with Crippen LogP contribution in [0.4, 0.5) is 0 Å². The fraction of sp³-hybridized carbons (Fsp3) is 0.250. The molecule has 0 saturated heterocycles. The quantitative estimate of drug-likeness (QED) is 0.768. The SMILES string of the molecule is C=C(Cc1c(C)ccc(C)c1CC(=C)C(N)=O)C(N)=O. The number of aryl methyl sites for hydroxylation is 2. The minimum Gasteiger partial charge on any atom is -0.366 e. The van der Waals surface area contributed by atoms with Crippen molar-refractivity contribution in [2.75, 3.05) is 0 Å². The Morgan fingerprint density at radius 2 is 1.20 bits per heavy atom. The molecule has 0 unspecified atom stereocenters.